The molecule has 464 valence electrons. The van der Waals surface area contributed by atoms with Gasteiger partial charge in [0.2, 0.25) is 5.95 Å². The molecule has 8 nitrogen and oxygen atoms in total. The lowest BCUT2D eigenvalue weighted by molar-refractivity contribution is 0.660. The quantitative estimate of drug-likeness (QED) is 0.143. The van der Waals surface area contributed by atoms with Gasteiger partial charge in [0.05, 0.1) is 22.1 Å². The molecule has 0 N–H and O–H groups in total. The third-order valence-electron chi connectivity index (χ3n) is 20.1. The predicted octanol–water partition coefficient (Wildman–Crippen LogP) is 22.2. The summed E-state index contributed by atoms with van der Waals surface area (Å²) in [6, 6.07) is 112. The molecule has 2 aliphatic rings. The Labute approximate surface area is 568 Å². The maximum absolute atomic E-state index is 5.07. The van der Waals surface area contributed by atoms with E-state index < -0.39 is 0 Å². The van der Waals surface area contributed by atoms with Crippen LogP contribution in [-0.4, -0.2) is 39.0 Å². The maximum atomic E-state index is 5.07. The zero-order valence-electron chi connectivity index (χ0n) is 54.6. The normalized spacial score (nSPS) is 13.1. The summed E-state index contributed by atoms with van der Waals surface area (Å²) in [6.07, 6.45) is 0. The first-order valence-electron chi connectivity index (χ1n) is 33.5. The third kappa shape index (κ3) is 9.74. The number of rotatable bonds is 9. The standard InChI is InChI=1S/C48H34N4.C42H30N4/c1-48(2)41-29-34(33-24-27-44-40(28-33)39-20-12-13-21-43(39)52(44)36-18-10-5-11-19-36)22-25-37(41)38-26-23-35(30-42(38)48)47-50-45(31-14-6-3-7-15-31)49-46(51-47)32-16-8-4-9-17-32;1-42(2)35-19-11-9-17-31(35)32-23-21-30(26-36(32)42)29-22-24-38-34(25-29)33-18-10-12-20-37(33)46(38)41-44-39(27-13-5-3-6-14-27)43-40(45-41)28-15-7-4-8-16-28/h3-30H,1-2H3;3-26H,1-2H3. The Morgan fingerprint density at radius 1 is 0.214 bits per heavy atom. The average Bonchev–Trinajstić information content (AvgIpc) is 1.58. The van der Waals surface area contributed by atoms with Gasteiger partial charge < -0.3 is 4.57 Å². The van der Waals surface area contributed by atoms with Gasteiger partial charge in [-0.3, -0.25) is 4.57 Å². The summed E-state index contributed by atoms with van der Waals surface area (Å²) in [7, 11) is 0. The molecular weight excluding hydrogens is 1190 g/mol. The minimum absolute atomic E-state index is 0.0479. The number of para-hydroxylation sites is 3. The largest absolute Gasteiger partial charge is 0.309 e. The second-order valence-electron chi connectivity index (χ2n) is 26.6. The molecule has 13 aromatic carbocycles. The van der Waals surface area contributed by atoms with E-state index in [-0.39, 0.29) is 10.8 Å². The molecule has 4 aromatic heterocycles. The SMILES string of the molecule is CC1(C)c2cc(-c3ccc4c(c3)c3ccccc3n4-c3ccccc3)ccc2-c2ccc(-c3nc(-c4ccccc4)nc(-c4ccccc4)n3)cc21.CC1(C)c2ccccc2-c2ccc(-c3ccc4c(c3)c3ccccc3n4-c3nc(-c4ccccc4)nc(-c4ccccc4)n3)cc21. The molecule has 0 bridgehead atoms. The van der Waals surface area contributed by atoms with Gasteiger partial charge in [-0.15, -0.1) is 0 Å². The van der Waals surface area contributed by atoms with Crippen LogP contribution in [0.5, 0.6) is 0 Å². The fraction of sp³-hybridized carbons (Fsp3) is 0.0667. The van der Waals surface area contributed by atoms with E-state index in [1.54, 1.807) is 0 Å². The second-order valence-corrected chi connectivity index (χ2v) is 26.6. The van der Waals surface area contributed by atoms with Crippen molar-refractivity contribution in [1.82, 2.24) is 39.0 Å². The molecule has 19 rings (SSSR count). The molecule has 0 saturated carbocycles. The summed E-state index contributed by atoms with van der Waals surface area (Å²) in [5.74, 6) is 3.90. The van der Waals surface area contributed by atoms with Crippen LogP contribution in [0.3, 0.4) is 0 Å². The van der Waals surface area contributed by atoms with Crippen LogP contribution in [0.4, 0.5) is 0 Å². The Balaban J connectivity index is 0.000000143. The highest BCUT2D eigenvalue weighted by atomic mass is 15.2. The minimum atomic E-state index is -0.221. The molecule has 0 aliphatic heterocycles. The summed E-state index contributed by atoms with van der Waals surface area (Å²) in [4.78, 5) is 30.0. The first-order valence-corrected chi connectivity index (χ1v) is 33.5. The van der Waals surface area contributed by atoms with E-state index in [0.717, 1.165) is 44.2 Å². The van der Waals surface area contributed by atoms with Crippen molar-refractivity contribution in [1.29, 1.82) is 0 Å². The maximum Gasteiger partial charge on any atom is 0.238 e. The van der Waals surface area contributed by atoms with E-state index in [2.05, 4.69) is 231 Å². The number of benzene rings is 13. The highest BCUT2D eigenvalue weighted by molar-refractivity contribution is 6.12. The molecule has 0 radical (unpaired) electrons. The van der Waals surface area contributed by atoms with Crippen LogP contribution in [-0.2, 0) is 10.8 Å². The predicted molar refractivity (Wildman–Crippen MR) is 402 cm³/mol. The molecule has 8 heteroatoms. The van der Waals surface area contributed by atoms with Crippen LogP contribution in [0.15, 0.2) is 315 Å². The van der Waals surface area contributed by atoms with Crippen molar-refractivity contribution in [3.8, 4) is 113 Å². The molecule has 4 heterocycles. The Morgan fingerprint density at radius 2 is 0.520 bits per heavy atom. The summed E-state index contributed by atoms with van der Waals surface area (Å²) in [5.41, 5.74) is 25.7. The zero-order chi connectivity index (χ0) is 65.6. The molecule has 0 amide bonds. The number of nitrogens with zero attached hydrogens (tertiary/aromatic N) is 8. The molecule has 0 fully saturated rings. The van der Waals surface area contributed by atoms with E-state index in [0.29, 0.717) is 35.1 Å². The molecule has 17 aromatic rings. The molecule has 0 spiro atoms. The number of hydrogen-bond acceptors (Lipinski definition) is 6. The molecule has 0 atom stereocenters. The fourth-order valence-corrected chi connectivity index (χ4v) is 15.2. The smallest absolute Gasteiger partial charge is 0.238 e. The molecule has 0 unspecified atom stereocenters. The first kappa shape index (κ1) is 58.1. The highest BCUT2D eigenvalue weighted by Gasteiger charge is 2.37. The van der Waals surface area contributed by atoms with Crippen LogP contribution >= 0.6 is 0 Å². The Hall–Kier alpha value is -12.5. The molecular formula is C90H64N8. The Morgan fingerprint density at radius 3 is 0.990 bits per heavy atom. The lowest BCUT2D eigenvalue weighted by atomic mass is 9.81. The number of aromatic nitrogens is 8. The van der Waals surface area contributed by atoms with Gasteiger partial charge in [-0.2, -0.15) is 9.97 Å². The summed E-state index contributed by atoms with van der Waals surface area (Å²) >= 11 is 0. The van der Waals surface area contributed by atoms with Crippen molar-refractivity contribution >= 4 is 43.6 Å². The van der Waals surface area contributed by atoms with Gasteiger partial charge in [0.15, 0.2) is 29.1 Å². The third-order valence-corrected chi connectivity index (χ3v) is 20.1. The fourth-order valence-electron chi connectivity index (χ4n) is 15.2. The highest BCUT2D eigenvalue weighted by Crippen LogP contribution is 2.52. The van der Waals surface area contributed by atoms with E-state index in [1.165, 1.54) is 99.6 Å². The average molecular weight is 1260 g/mol. The van der Waals surface area contributed by atoms with Gasteiger partial charge in [0, 0.05) is 65.9 Å². The van der Waals surface area contributed by atoms with E-state index >= 15 is 0 Å². The molecule has 2 aliphatic carbocycles. The summed E-state index contributed by atoms with van der Waals surface area (Å²) in [6.45, 7) is 9.33. The van der Waals surface area contributed by atoms with Crippen molar-refractivity contribution in [2.75, 3.05) is 0 Å². The van der Waals surface area contributed by atoms with Gasteiger partial charge in [-0.05, 0) is 133 Å². The monoisotopic (exact) mass is 1260 g/mol. The first-order chi connectivity index (χ1) is 48.1. The molecule has 98 heavy (non-hydrogen) atoms. The van der Waals surface area contributed by atoms with Crippen LogP contribution in [0.25, 0.3) is 157 Å². The van der Waals surface area contributed by atoms with Crippen LogP contribution < -0.4 is 0 Å². The van der Waals surface area contributed by atoms with Crippen LogP contribution in [0, 0.1) is 0 Å². The molecule has 0 saturated heterocycles. The van der Waals surface area contributed by atoms with E-state index in [1.807, 2.05) is 121 Å². The summed E-state index contributed by atoms with van der Waals surface area (Å²) in [5, 5.41) is 4.84. The van der Waals surface area contributed by atoms with Crippen LogP contribution in [0.2, 0.25) is 0 Å². The van der Waals surface area contributed by atoms with Crippen molar-refractivity contribution in [3.05, 3.63) is 338 Å². The minimum Gasteiger partial charge on any atom is -0.309 e. The van der Waals surface area contributed by atoms with Crippen molar-refractivity contribution in [2.24, 2.45) is 0 Å². The topological polar surface area (TPSA) is 87.2 Å². The lowest BCUT2D eigenvalue weighted by Gasteiger charge is -2.22. The van der Waals surface area contributed by atoms with Crippen molar-refractivity contribution < 1.29 is 0 Å². The number of hydrogen-bond donors (Lipinski definition) is 0. The van der Waals surface area contributed by atoms with E-state index in [4.69, 9.17) is 29.9 Å². The van der Waals surface area contributed by atoms with Gasteiger partial charge in [-0.25, -0.2) is 19.9 Å². The van der Waals surface area contributed by atoms with Gasteiger partial charge in [0.25, 0.3) is 0 Å². The van der Waals surface area contributed by atoms with Gasteiger partial charge >= 0.3 is 0 Å². The Kier molecular flexibility index (Phi) is 13.7. The van der Waals surface area contributed by atoms with E-state index in [9.17, 15) is 0 Å². The Bertz CT molecular complexity index is 5860. The summed E-state index contributed by atoms with van der Waals surface area (Å²) < 4.78 is 4.55. The van der Waals surface area contributed by atoms with Gasteiger partial charge in [0.1, 0.15) is 0 Å². The second kappa shape index (κ2) is 23.1. The van der Waals surface area contributed by atoms with Crippen molar-refractivity contribution in [2.45, 2.75) is 38.5 Å². The zero-order valence-corrected chi connectivity index (χ0v) is 54.6. The van der Waals surface area contributed by atoms with Crippen molar-refractivity contribution in [3.63, 3.8) is 0 Å². The lowest BCUT2D eigenvalue weighted by Crippen LogP contribution is -2.15. The van der Waals surface area contributed by atoms with Crippen LogP contribution in [0.1, 0.15) is 49.9 Å². The number of fused-ring (bicyclic) bond motifs is 12. The van der Waals surface area contributed by atoms with Gasteiger partial charge in [-0.1, -0.05) is 276 Å².